The maximum Gasteiger partial charge on any atom is 0.253 e. The quantitative estimate of drug-likeness (QED) is 0.602. The minimum absolute atomic E-state index is 0.207. The summed E-state index contributed by atoms with van der Waals surface area (Å²) in [4.78, 5) is 16.8. The van der Waals surface area contributed by atoms with Crippen molar-refractivity contribution in [2.75, 3.05) is 0 Å². The van der Waals surface area contributed by atoms with E-state index < -0.39 is 0 Å². The second kappa shape index (κ2) is 7.06. The van der Waals surface area contributed by atoms with Gasteiger partial charge < -0.3 is 9.73 Å². The summed E-state index contributed by atoms with van der Waals surface area (Å²) in [6.45, 7) is 0.207. The number of hydrogen-bond donors (Lipinski definition) is 1. The average molecular weight is 344 g/mol. The normalized spacial score (nSPS) is 10.6. The largest absolute Gasteiger partial charge is 0.439 e. The van der Waals surface area contributed by atoms with Gasteiger partial charge in [0.1, 0.15) is 0 Å². The maximum atomic E-state index is 12.6. The molecule has 0 atom stereocenters. The summed E-state index contributed by atoms with van der Waals surface area (Å²) in [5.74, 6) is 0.913. The standard InChI is InChI=1S/C20H16N4O2/c25-20(16-9-4-5-10-17(16)24-12-6-11-23-24)22-14-19-21-13-18(26-19)15-7-2-1-3-8-15/h1-13H,14H2,(H,22,25). The van der Waals surface area contributed by atoms with E-state index in [2.05, 4.69) is 15.4 Å². The number of hydrogen-bond acceptors (Lipinski definition) is 4. The van der Waals surface area contributed by atoms with E-state index in [0.717, 1.165) is 5.56 Å². The van der Waals surface area contributed by atoms with Gasteiger partial charge in [0.2, 0.25) is 5.89 Å². The van der Waals surface area contributed by atoms with Crippen molar-refractivity contribution in [3.8, 4) is 17.0 Å². The molecule has 0 aliphatic heterocycles. The van der Waals surface area contributed by atoms with Crippen molar-refractivity contribution in [3.63, 3.8) is 0 Å². The molecule has 0 unspecified atom stereocenters. The van der Waals surface area contributed by atoms with Gasteiger partial charge in [-0.15, -0.1) is 0 Å². The highest BCUT2D eigenvalue weighted by Gasteiger charge is 2.14. The van der Waals surface area contributed by atoms with E-state index in [1.165, 1.54) is 0 Å². The summed E-state index contributed by atoms with van der Waals surface area (Å²) in [7, 11) is 0. The Hall–Kier alpha value is -3.67. The number of oxazole rings is 1. The molecule has 0 fully saturated rings. The fraction of sp³-hybridized carbons (Fsp3) is 0.0500. The Morgan fingerprint density at radius 2 is 1.85 bits per heavy atom. The third kappa shape index (κ3) is 3.25. The first-order chi connectivity index (χ1) is 12.8. The lowest BCUT2D eigenvalue weighted by Crippen LogP contribution is -2.24. The zero-order valence-electron chi connectivity index (χ0n) is 13.9. The minimum Gasteiger partial charge on any atom is -0.439 e. The zero-order valence-corrected chi connectivity index (χ0v) is 13.9. The van der Waals surface area contributed by atoms with E-state index >= 15 is 0 Å². The zero-order chi connectivity index (χ0) is 17.8. The van der Waals surface area contributed by atoms with Crippen molar-refractivity contribution in [3.05, 3.63) is 90.7 Å². The molecule has 0 aliphatic carbocycles. The first kappa shape index (κ1) is 15.8. The topological polar surface area (TPSA) is 73.0 Å². The molecule has 2 aromatic heterocycles. The smallest absolute Gasteiger partial charge is 0.253 e. The number of aromatic nitrogens is 3. The molecule has 2 aromatic carbocycles. The van der Waals surface area contributed by atoms with Crippen LogP contribution in [0.4, 0.5) is 0 Å². The summed E-state index contributed by atoms with van der Waals surface area (Å²) in [5, 5.41) is 7.04. The van der Waals surface area contributed by atoms with E-state index in [-0.39, 0.29) is 12.5 Å². The highest BCUT2D eigenvalue weighted by molar-refractivity contribution is 5.97. The van der Waals surface area contributed by atoms with Gasteiger partial charge in [0.05, 0.1) is 24.0 Å². The second-order valence-electron chi connectivity index (χ2n) is 5.63. The summed E-state index contributed by atoms with van der Waals surface area (Å²) < 4.78 is 7.38. The molecular formula is C20H16N4O2. The molecule has 26 heavy (non-hydrogen) atoms. The number of carbonyl (C=O) groups excluding carboxylic acids is 1. The predicted octanol–water partition coefficient (Wildman–Crippen LogP) is 3.46. The molecule has 1 amide bonds. The van der Waals surface area contributed by atoms with Crippen LogP contribution in [0.15, 0.2) is 83.7 Å². The number of carbonyl (C=O) groups is 1. The number of nitrogens with zero attached hydrogens (tertiary/aromatic N) is 3. The van der Waals surface area contributed by atoms with E-state index in [0.29, 0.717) is 22.9 Å². The molecule has 2 heterocycles. The van der Waals surface area contributed by atoms with Crippen LogP contribution in [-0.2, 0) is 6.54 Å². The monoisotopic (exact) mass is 344 g/mol. The van der Waals surface area contributed by atoms with E-state index in [1.54, 1.807) is 29.3 Å². The highest BCUT2D eigenvalue weighted by Crippen LogP contribution is 2.20. The Kier molecular flexibility index (Phi) is 4.30. The number of amides is 1. The molecule has 0 bridgehead atoms. The van der Waals surface area contributed by atoms with Gasteiger partial charge >= 0.3 is 0 Å². The van der Waals surface area contributed by atoms with Crippen LogP contribution in [0.5, 0.6) is 0 Å². The van der Waals surface area contributed by atoms with Gasteiger partial charge in [-0.2, -0.15) is 5.10 Å². The predicted molar refractivity (Wildman–Crippen MR) is 96.7 cm³/mol. The van der Waals surface area contributed by atoms with Crippen molar-refractivity contribution >= 4 is 5.91 Å². The van der Waals surface area contributed by atoms with Crippen molar-refractivity contribution in [1.29, 1.82) is 0 Å². The van der Waals surface area contributed by atoms with Gasteiger partial charge in [-0.3, -0.25) is 4.79 Å². The van der Waals surface area contributed by atoms with Crippen molar-refractivity contribution in [2.45, 2.75) is 6.54 Å². The second-order valence-corrected chi connectivity index (χ2v) is 5.63. The molecular weight excluding hydrogens is 328 g/mol. The summed E-state index contributed by atoms with van der Waals surface area (Å²) in [6.07, 6.45) is 5.13. The van der Waals surface area contributed by atoms with Gasteiger partial charge in [-0.05, 0) is 18.2 Å². The van der Waals surface area contributed by atoms with Gasteiger partial charge in [-0.1, -0.05) is 42.5 Å². The van der Waals surface area contributed by atoms with Gasteiger partial charge in [0.25, 0.3) is 5.91 Å². The third-order valence-corrected chi connectivity index (χ3v) is 3.91. The van der Waals surface area contributed by atoms with Crippen molar-refractivity contribution < 1.29 is 9.21 Å². The molecule has 0 saturated heterocycles. The van der Waals surface area contributed by atoms with Crippen LogP contribution < -0.4 is 5.32 Å². The SMILES string of the molecule is O=C(NCc1ncc(-c2ccccc2)o1)c1ccccc1-n1cccn1. The maximum absolute atomic E-state index is 12.6. The third-order valence-electron chi connectivity index (χ3n) is 3.91. The van der Waals surface area contributed by atoms with Crippen LogP contribution >= 0.6 is 0 Å². The molecule has 0 spiro atoms. The summed E-state index contributed by atoms with van der Waals surface area (Å²) >= 11 is 0. The molecule has 6 heteroatoms. The molecule has 4 aromatic rings. The Bertz CT molecular complexity index is 1010. The van der Waals surface area contributed by atoms with Gasteiger partial charge in [-0.25, -0.2) is 9.67 Å². The first-order valence-corrected chi connectivity index (χ1v) is 8.18. The van der Waals surface area contributed by atoms with E-state index in [4.69, 9.17) is 4.42 Å². The van der Waals surface area contributed by atoms with Gasteiger partial charge in [0.15, 0.2) is 5.76 Å². The fourth-order valence-corrected chi connectivity index (χ4v) is 2.66. The fourth-order valence-electron chi connectivity index (χ4n) is 2.66. The van der Waals surface area contributed by atoms with E-state index in [9.17, 15) is 4.79 Å². The van der Waals surface area contributed by atoms with Crippen molar-refractivity contribution in [1.82, 2.24) is 20.1 Å². The van der Waals surface area contributed by atoms with Crippen LogP contribution in [0.25, 0.3) is 17.0 Å². The number of rotatable bonds is 5. The van der Waals surface area contributed by atoms with Crippen LogP contribution in [0.2, 0.25) is 0 Å². The van der Waals surface area contributed by atoms with Crippen LogP contribution in [0, 0.1) is 0 Å². The Labute approximate surface area is 150 Å². The highest BCUT2D eigenvalue weighted by atomic mass is 16.4. The van der Waals surface area contributed by atoms with Gasteiger partial charge in [0, 0.05) is 18.0 Å². The Balaban J connectivity index is 1.48. The van der Waals surface area contributed by atoms with Crippen molar-refractivity contribution in [2.24, 2.45) is 0 Å². The number of nitrogens with one attached hydrogen (secondary N) is 1. The average Bonchev–Trinajstić information content (AvgIpc) is 3.39. The Morgan fingerprint density at radius 3 is 2.65 bits per heavy atom. The lowest BCUT2D eigenvalue weighted by Gasteiger charge is -2.09. The lowest BCUT2D eigenvalue weighted by atomic mass is 10.1. The minimum atomic E-state index is -0.212. The summed E-state index contributed by atoms with van der Waals surface area (Å²) in [6, 6.07) is 18.8. The lowest BCUT2D eigenvalue weighted by molar-refractivity contribution is 0.0947. The van der Waals surface area contributed by atoms with Crippen LogP contribution in [0.3, 0.4) is 0 Å². The Morgan fingerprint density at radius 1 is 1.04 bits per heavy atom. The number of benzene rings is 2. The van der Waals surface area contributed by atoms with Crippen LogP contribution in [-0.4, -0.2) is 20.7 Å². The molecule has 0 radical (unpaired) electrons. The molecule has 6 nitrogen and oxygen atoms in total. The molecule has 0 aliphatic rings. The van der Waals surface area contributed by atoms with Crippen LogP contribution in [0.1, 0.15) is 16.2 Å². The van der Waals surface area contributed by atoms with E-state index in [1.807, 2.05) is 54.6 Å². The molecule has 4 rings (SSSR count). The first-order valence-electron chi connectivity index (χ1n) is 8.18. The molecule has 128 valence electrons. The number of para-hydroxylation sites is 1. The summed E-state index contributed by atoms with van der Waals surface area (Å²) in [5.41, 5.74) is 2.19. The molecule has 0 saturated carbocycles. The molecule has 1 N–H and O–H groups in total.